The molecule has 62 valence electrons. The van der Waals surface area contributed by atoms with E-state index < -0.39 is 0 Å². The van der Waals surface area contributed by atoms with Crippen molar-refractivity contribution < 1.29 is 5.11 Å². The minimum absolute atomic E-state index is 0.368. The fraction of sp³-hybridized carbons (Fsp3) is 0.625. The molecule has 0 saturated carbocycles. The third-order valence-corrected chi connectivity index (χ3v) is 3.03. The fourth-order valence-electron chi connectivity index (χ4n) is 1.00. The highest BCUT2D eigenvalue weighted by Gasteiger charge is 2.10. The number of aromatic nitrogens is 1. The lowest BCUT2D eigenvalue weighted by atomic mass is 10.3. The largest absolute Gasteiger partial charge is 0.388 e. The monoisotopic (exact) mass is 171 g/mol. The first-order chi connectivity index (χ1) is 5.15. The smallest absolute Gasteiger partial charge is 0.0929 e. The average Bonchev–Trinajstić information content (AvgIpc) is 2.30. The van der Waals surface area contributed by atoms with Crippen LogP contribution in [0.4, 0.5) is 0 Å². The number of aliphatic hydroxyl groups is 1. The van der Waals surface area contributed by atoms with Gasteiger partial charge >= 0.3 is 0 Å². The Morgan fingerprint density at radius 1 is 1.64 bits per heavy atom. The molecular formula is C8H13NOS. The second-order valence-corrected chi connectivity index (χ2v) is 3.70. The lowest BCUT2D eigenvalue weighted by Crippen LogP contribution is -1.88. The first-order valence-electron chi connectivity index (χ1n) is 3.79. The molecule has 1 aromatic heterocycles. The van der Waals surface area contributed by atoms with Crippen molar-refractivity contribution in [2.24, 2.45) is 0 Å². The van der Waals surface area contributed by atoms with Crippen LogP contribution in [0.3, 0.4) is 0 Å². The van der Waals surface area contributed by atoms with Crippen LogP contribution in [-0.4, -0.2) is 10.1 Å². The molecule has 11 heavy (non-hydrogen) atoms. The topological polar surface area (TPSA) is 33.1 Å². The van der Waals surface area contributed by atoms with Crippen LogP contribution in [0.15, 0.2) is 0 Å². The van der Waals surface area contributed by atoms with E-state index in [4.69, 9.17) is 0 Å². The van der Waals surface area contributed by atoms with Crippen molar-refractivity contribution in [3.05, 3.63) is 15.6 Å². The number of aryl methyl sites for hydroxylation is 2. The van der Waals surface area contributed by atoms with E-state index in [0.717, 1.165) is 22.0 Å². The van der Waals surface area contributed by atoms with Gasteiger partial charge in [0.25, 0.3) is 0 Å². The highest BCUT2D eigenvalue weighted by molar-refractivity contribution is 7.11. The Kier molecular flexibility index (Phi) is 2.62. The molecule has 0 aliphatic rings. The van der Waals surface area contributed by atoms with Gasteiger partial charge in [0.15, 0.2) is 0 Å². The van der Waals surface area contributed by atoms with Gasteiger partial charge in [-0.25, -0.2) is 4.98 Å². The zero-order chi connectivity index (χ0) is 8.43. The average molecular weight is 171 g/mol. The van der Waals surface area contributed by atoms with Gasteiger partial charge in [0.05, 0.1) is 21.7 Å². The number of hydrogen-bond acceptors (Lipinski definition) is 3. The normalized spacial score (nSPS) is 13.5. The molecule has 3 heteroatoms. The maximum absolute atomic E-state index is 9.28. The second kappa shape index (κ2) is 3.32. The Bertz CT molecular complexity index is 242. The maximum atomic E-state index is 9.28. The highest BCUT2D eigenvalue weighted by atomic mass is 32.1. The number of hydrogen-bond donors (Lipinski definition) is 1. The van der Waals surface area contributed by atoms with Crippen LogP contribution in [0, 0.1) is 6.92 Å². The van der Waals surface area contributed by atoms with Gasteiger partial charge in [0.1, 0.15) is 0 Å². The van der Waals surface area contributed by atoms with E-state index >= 15 is 0 Å². The third kappa shape index (κ3) is 1.79. The molecule has 0 saturated heterocycles. The third-order valence-electron chi connectivity index (χ3n) is 1.56. The Morgan fingerprint density at radius 3 is 2.55 bits per heavy atom. The number of thiazole rings is 1. The summed E-state index contributed by atoms with van der Waals surface area (Å²) in [6.45, 7) is 5.79. The van der Waals surface area contributed by atoms with Gasteiger partial charge in [0, 0.05) is 0 Å². The molecule has 0 aliphatic heterocycles. The summed E-state index contributed by atoms with van der Waals surface area (Å²) in [7, 11) is 0. The summed E-state index contributed by atoms with van der Waals surface area (Å²) in [6, 6.07) is 0. The predicted molar refractivity (Wildman–Crippen MR) is 46.9 cm³/mol. The van der Waals surface area contributed by atoms with Crippen LogP contribution in [0.1, 0.15) is 35.5 Å². The minimum atomic E-state index is -0.368. The van der Waals surface area contributed by atoms with Gasteiger partial charge < -0.3 is 5.11 Å². The molecule has 0 aliphatic carbocycles. The lowest BCUT2D eigenvalue weighted by Gasteiger charge is -1.98. The van der Waals surface area contributed by atoms with Gasteiger partial charge in [-0.15, -0.1) is 11.3 Å². The van der Waals surface area contributed by atoms with E-state index in [2.05, 4.69) is 11.9 Å². The van der Waals surface area contributed by atoms with Crippen molar-refractivity contribution in [1.29, 1.82) is 0 Å². The summed E-state index contributed by atoms with van der Waals surface area (Å²) < 4.78 is 0. The number of nitrogens with zero attached hydrogens (tertiary/aromatic N) is 1. The highest BCUT2D eigenvalue weighted by Crippen LogP contribution is 2.24. The first kappa shape index (κ1) is 8.68. The van der Waals surface area contributed by atoms with E-state index in [1.54, 1.807) is 18.3 Å². The molecule has 1 rings (SSSR count). The maximum Gasteiger partial charge on any atom is 0.0929 e. The summed E-state index contributed by atoms with van der Waals surface area (Å²) in [5.41, 5.74) is 0.974. The van der Waals surface area contributed by atoms with Gasteiger partial charge in [0.2, 0.25) is 0 Å². The Morgan fingerprint density at radius 2 is 2.27 bits per heavy atom. The van der Waals surface area contributed by atoms with Crippen molar-refractivity contribution in [3.63, 3.8) is 0 Å². The van der Waals surface area contributed by atoms with Crippen LogP contribution < -0.4 is 0 Å². The van der Waals surface area contributed by atoms with Gasteiger partial charge in [-0.2, -0.15) is 0 Å². The summed E-state index contributed by atoms with van der Waals surface area (Å²) in [6.07, 6.45) is 0.589. The molecule has 0 amide bonds. The molecule has 1 atom stereocenters. The van der Waals surface area contributed by atoms with E-state index in [9.17, 15) is 5.11 Å². The molecule has 0 aromatic carbocycles. The summed E-state index contributed by atoms with van der Waals surface area (Å²) >= 11 is 1.61. The van der Waals surface area contributed by atoms with Gasteiger partial charge in [-0.3, -0.25) is 0 Å². The molecule has 1 unspecified atom stereocenters. The zero-order valence-corrected chi connectivity index (χ0v) is 7.90. The quantitative estimate of drug-likeness (QED) is 0.739. The molecule has 0 fully saturated rings. The lowest BCUT2D eigenvalue weighted by molar-refractivity contribution is 0.202. The van der Waals surface area contributed by atoms with Crippen molar-refractivity contribution in [3.8, 4) is 0 Å². The minimum Gasteiger partial charge on any atom is -0.388 e. The van der Waals surface area contributed by atoms with Gasteiger partial charge in [-0.05, 0) is 20.3 Å². The predicted octanol–water partition coefficient (Wildman–Crippen LogP) is 2.07. The fourth-order valence-corrected chi connectivity index (χ4v) is 1.95. The van der Waals surface area contributed by atoms with Crippen molar-refractivity contribution in [1.82, 2.24) is 4.98 Å². The van der Waals surface area contributed by atoms with E-state index in [-0.39, 0.29) is 6.10 Å². The van der Waals surface area contributed by atoms with Crippen LogP contribution in [0.2, 0.25) is 0 Å². The SMILES string of the molecule is CCc1nc(C)c(C(C)O)s1. The molecular weight excluding hydrogens is 158 g/mol. The van der Waals surface area contributed by atoms with Crippen molar-refractivity contribution in [2.75, 3.05) is 0 Å². The second-order valence-electron chi connectivity index (χ2n) is 2.59. The van der Waals surface area contributed by atoms with Crippen LogP contribution >= 0.6 is 11.3 Å². The van der Waals surface area contributed by atoms with Crippen molar-refractivity contribution in [2.45, 2.75) is 33.3 Å². The van der Waals surface area contributed by atoms with E-state index in [1.807, 2.05) is 6.92 Å². The van der Waals surface area contributed by atoms with Crippen LogP contribution in [0.25, 0.3) is 0 Å². The molecule has 1 N–H and O–H groups in total. The first-order valence-corrected chi connectivity index (χ1v) is 4.61. The Labute approximate surface area is 70.9 Å². The summed E-state index contributed by atoms with van der Waals surface area (Å²) in [4.78, 5) is 5.31. The summed E-state index contributed by atoms with van der Waals surface area (Å²) in [5, 5.41) is 10.4. The Balaban J connectivity index is 2.97. The number of rotatable bonds is 2. The van der Waals surface area contributed by atoms with E-state index in [0.29, 0.717) is 0 Å². The Hall–Kier alpha value is -0.410. The molecule has 0 bridgehead atoms. The molecule has 2 nitrogen and oxygen atoms in total. The van der Waals surface area contributed by atoms with Crippen LogP contribution in [-0.2, 0) is 6.42 Å². The summed E-state index contributed by atoms with van der Waals surface area (Å²) in [5.74, 6) is 0. The number of aliphatic hydroxyl groups excluding tert-OH is 1. The van der Waals surface area contributed by atoms with E-state index in [1.165, 1.54) is 0 Å². The van der Waals surface area contributed by atoms with Crippen LogP contribution in [0.5, 0.6) is 0 Å². The van der Waals surface area contributed by atoms with Gasteiger partial charge in [-0.1, -0.05) is 6.92 Å². The zero-order valence-electron chi connectivity index (χ0n) is 7.09. The molecule has 1 aromatic rings. The molecule has 1 heterocycles. The van der Waals surface area contributed by atoms with Crippen molar-refractivity contribution >= 4 is 11.3 Å². The molecule has 0 radical (unpaired) electrons. The molecule has 0 spiro atoms. The standard InChI is InChI=1S/C8H13NOS/c1-4-7-9-5(2)8(11-7)6(3)10/h6,10H,4H2,1-3H3.